The highest BCUT2D eigenvalue weighted by molar-refractivity contribution is 7.12. The number of carbonyl (C=O) groups excluding carboxylic acids is 6. The average molecular weight is 1300 g/mol. The van der Waals surface area contributed by atoms with Crippen LogP contribution in [-0.2, 0) is 49.3 Å². The van der Waals surface area contributed by atoms with E-state index in [-0.39, 0.29) is 36.3 Å². The predicted molar refractivity (Wildman–Crippen MR) is 338 cm³/mol. The molecule has 4 fully saturated rings. The Labute approximate surface area is 536 Å². The minimum Gasteiger partial charge on any atom is -0.466 e. The van der Waals surface area contributed by atoms with Gasteiger partial charge in [-0.05, 0) is 86.8 Å². The average Bonchev–Trinajstić information content (AvgIpc) is 1.93. The lowest BCUT2D eigenvalue weighted by Crippen LogP contribution is -2.53. The zero-order chi connectivity index (χ0) is 64.3. The highest BCUT2D eigenvalue weighted by atomic mass is 35.5. The van der Waals surface area contributed by atoms with Gasteiger partial charge in [-0.15, -0.1) is 22.7 Å². The van der Waals surface area contributed by atoms with Crippen LogP contribution < -0.4 is 20.4 Å². The molecule has 6 aliphatic heterocycles. The van der Waals surface area contributed by atoms with Crippen LogP contribution in [0.4, 0.5) is 29.7 Å². The monoisotopic (exact) mass is 1300 g/mol. The van der Waals surface area contributed by atoms with Crippen LogP contribution in [0.3, 0.4) is 0 Å². The van der Waals surface area contributed by atoms with E-state index in [0.29, 0.717) is 127 Å². The molecule has 8 heterocycles. The molecule has 4 atom stereocenters. The van der Waals surface area contributed by atoms with Crippen LogP contribution in [0.1, 0.15) is 72.0 Å². The third-order valence-electron chi connectivity index (χ3n) is 16.9. The lowest BCUT2D eigenvalue weighted by Gasteiger charge is -2.38. The number of halogens is 3. The van der Waals surface area contributed by atoms with Gasteiger partial charge in [0.15, 0.2) is 33.3 Å². The van der Waals surface area contributed by atoms with Crippen molar-refractivity contribution in [2.24, 2.45) is 9.98 Å². The van der Waals surface area contributed by atoms with Crippen molar-refractivity contribution in [3.05, 3.63) is 186 Å². The molecule has 0 aliphatic carbocycles. The molecule has 2 N–H and O–H groups in total. The minimum absolute atomic E-state index is 0.0435. The lowest BCUT2D eigenvalue weighted by atomic mass is 9.95. The Morgan fingerprint density at radius 3 is 1.52 bits per heavy atom. The summed E-state index contributed by atoms with van der Waals surface area (Å²) in [6.07, 6.45) is 3.34. The quantitative estimate of drug-likeness (QED) is 0.0468. The number of amides is 4. The van der Waals surface area contributed by atoms with Gasteiger partial charge in [0.25, 0.3) is 12.9 Å². The molecule has 0 radical (unpaired) electrons. The molecule has 0 unspecified atom stereocenters. The molecule has 6 aliphatic rings. The lowest BCUT2D eigenvalue weighted by molar-refractivity contribution is -0.142. The third kappa shape index (κ3) is 13.3. The van der Waals surface area contributed by atoms with E-state index in [0.717, 1.165) is 34.6 Å². The Morgan fingerprint density at radius 2 is 1.09 bits per heavy atom. The molecular weight excluding hydrogens is 1230 g/mol. The van der Waals surface area contributed by atoms with E-state index < -0.39 is 46.9 Å². The number of fused-ring (bicyclic) bond motifs is 2. The number of piperazine rings is 2. The Balaban J connectivity index is 0.000000187. The number of methoxy groups -OCH3 is 2. The van der Waals surface area contributed by atoms with Gasteiger partial charge in [0, 0.05) is 122 Å². The van der Waals surface area contributed by atoms with Gasteiger partial charge in [0.1, 0.15) is 23.3 Å². The summed E-state index contributed by atoms with van der Waals surface area (Å²) in [6.45, 7) is 13.1. The van der Waals surface area contributed by atoms with Gasteiger partial charge in [-0.3, -0.25) is 39.2 Å². The van der Waals surface area contributed by atoms with Crippen molar-refractivity contribution in [2.45, 2.75) is 63.1 Å². The van der Waals surface area contributed by atoms with Crippen molar-refractivity contribution >= 4 is 94.3 Å². The Morgan fingerprint density at radius 1 is 0.626 bits per heavy atom. The first kappa shape index (κ1) is 63.6. The van der Waals surface area contributed by atoms with Crippen molar-refractivity contribution in [2.75, 3.05) is 89.5 Å². The maximum absolute atomic E-state index is 14.4. The number of benzene rings is 4. The van der Waals surface area contributed by atoms with Crippen molar-refractivity contribution in [1.29, 1.82) is 0 Å². The molecule has 0 saturated carbocycles. The molecule has 12 rings (SSSR count). The number of esters is 2. The van der Waals surface area contributed by atoms with Crippen LogP contribution in [0.25, 0.3) is 0 Å². The number of aromatic nitrogens is 2. The molecule has 6 aromatic rings. The number of rotatable bonds is 18. The first-order valence-electron chi connectivity index (χ1n) is 29.2. The number of anilines is 2. The SMILES string of the molecule is COC(=O)C1=C(CN2CCN3C(=O)N(c4ccc(C(C)(C)OC=O)cc4)C[C@@H]3C2)NC(c2nccs2)=N[C@H]1c1ccc(F)c(F)c1.COC(=O)C1=C(CN2CCN3C(=O)N(c4ccc(C(C)(C)OC=O)cc4)C[C@@H]3C2)NC(c2nccs2)=N[C@H]1c1ccccc1Cl. The molecule has 4 aromatic carbocycles. The van der Waals surface area contributed by atoms with E-state index in [2.05, 4.69) is 30.4 Å². The van der Waals surface area contributed by atoms with Crippen molar-refractivity contribution in [3.8, 4) is 0 Å². The minimum atomic E-state index is -1.05. The Kier molecular flexibility index (Phi) is 18.8. The molecule has 474 valence electrons. The zero-order valence-electron chi connectivity index (χ0n) is 50.5. The number of nitrogens with one attached hydrogen (secondary N) is 2. The molecular formula is C64H65ClF2N12O10S2. The Bertz CT molecular complexity index is 3870. The first-order chi connectivity index (χ1) is 43.8. The summed E-state index contributed by atoms with van der Waals surface area (Å²) in [5.74, 6) is -2.23. The van der Waals surface area contributed by atoms with Crippen LogP contribution in [0.15, 0.2) is 147 Å². The summed E-state index contributed by atoms with van der Waals surface area (Å²) in [5, 5.41) is 12.1. The molecule has 91 heavy (non-hydrogen) atoms. The fourth-order valence-electron chi connectivity index (χ4n) is 12.1. The zero-order valence-corrected chi connectivity index (χ0v) is 52.9. The van der Waals surface area contributed by atoms with Crippen LogP contribution >= 0.6 is 34.3 Å². The number of thiazole rings is 2. The third-order valence-corrected chi connectivity index (χ3v) is 18.8. The Hall–Kier alpha value is -8.95. The topological polar surface area (TPSA) is 233 Å². The molecule has 4 saturated heterocycles. The van der Waals surface area contributed by atoms with Gasteiger partial charge >= 0.3 is 24.0 Å². The molecule has 0 spiro atoms. The van der Waals surface area contributed by atoms with Crippen LogP contribution in [0.5, 0.6) is 0 Å². The van der Waals surface area contributed by atoms with E-state index in [1.807, 2.05) is 95.8 Å². The second kappa shape index (κ2) is 26.9. The molecule has 2 aromatic heterocycles. The molecule has 0 bridgehead atoms. The number of aliphatic imine (C=N–C) groups is 2. The van der Waals surface area contributed by atoms with Crippen molar-refractivity contribution in [1.82, 2.24) is 40.2 Å². The fraction of sp³-hybridized carbons (Fsp3) is 0.344. The fourth-order valence-corrected chi connectivity index (χ4v) is 13.5. The largest absolute Gasteiger partial charge is 0.466 e. The predicted octanol–water partition coefficient (Wildman–Crippen LogP) is 8.32. The normalized spacial score (nSPS) is 20.4. The second-order valence-electron chi connectivity index (χ2n) is 23.1. The van der Waals surface area contributed by atoms with Crippen LogP contribution in [0, 0.1) is 11.6 Å². The van der Waals surface area contributed by atoms with Gasteiger partial charge in [-0.25, -0.2) is 37.9 Å². The van der Waals surface area contributed by atoms with E-state index in [4.69, 9.17) is 40.5 Å². The smallest absolute Gasteiger partial charge is 0.338 e. The summed E-state index contributed by atoms with van der Waals surface area (Å²) in [6, 6.07) is 23.7. The molecule has 27 heteroatoms. The number of nitrogens with zero attached hydrogens (tertiary/aromatic N) is 10. The van der Waals surface area contributed by atoms with Crippen molar-refractivity contribution in [3.63, 3.8) is 0 Å². The number of hydrogen-bond donors (Lipinski definition) is 2. The number of carbonyl (C=O) groups is 6. The standard InChI is InChI=1S/C32H33ClN6O5S.C32H32F2N6O5S/c1-32(2,44-19-40)20-8-10-21(11-9-20)39-17-22-16-37(13-14-38(22)31(39)42)18-25-26(30(41)43-3)27(23-6-4-5-7-24(23)33)36-28(35-25)29-34-12-15-45-29;1-32(2,45-18-41)20-5-7-21(8-6-20)40-16-22-15-38(11-12-39(22)31(40)43)17-25-26(30(42)44-3)27(19-4-9-23(33)24(34)14-19)37-28(36-25)29-35-10-13-46-29/h4-12,15,19,22,27H,13-14,16-18H2,1-3H3,(H,35,36);4-10,13-14,18,22,27H,11-12,15-17H2,1-3H3,(H,36,37)/t2*22-,27-/m00/s1. The number of hydrogen-bond acceptors (Lipinski definition) is 20. The molecule has 22 nitrogen and oxygen atoms in total. The van der Waals surface area contributed by atoms with E-state index in [1.165, 1.54) is 43.0 Å². The summed E-state index contributed by atoms with van der Waals surface area (Å²) >= 11 is 9.41. The van der Waals surface area contributed by atoms with E-state index >= 15 is 0 Å². The van der Waals surface area contributed by atoms with Gasteiger partial charge in [-0.1, -0.05) is 60.1 Å². The van der Waals surface area contributed by atoms with E-state index in [9.17, 15) is 37.5 Å². The van der Waals surface area contributed by atoms with Crippen molar-refractivity contribution < 1.29 is 56.5 Å². The summed E-state index contributed by atoms with van der Waals surface area (Å²) < 4.78 is 49.0. The van der Waals surface area contributed by atoms with Crippen LogP contribution in [0.2, 0.25) is 5.02 Å². The van der Waals surface area contributed by atoms with Crippen LogP contribution in [-0.4, -0.2) is 170 Å². The summed E-state index contributed by atoms with van der Waals surface area (Å²) in [7, 11) is 2.62. The number of amidine groups is 2. The summed E-state index contributed by atoms with van der Waals surface area (Å²) in [4.78, 5) is 105. The van der Waals surface area contributed by atoms with Gasteiger partial charge in [0.2, 0.25) is 0 Å². The summed E-state index contributed by atoms with van der Waals surface area (Å²) in [5.41, 5.74) is 4.31. The number of urea groups is 2. The van der Waals surface area contributed by atoms with Gasteiger partial charge in [0.05, 0.1) is 37.4 Å². The highest BCUT2D eigenvalue weighted by Gasteiger charge is 2.45. The first-order valence-corrected chi connectivity index (χ1v) is 31.3. The maximum atomic E-state index is 14.4. The van der Waals surface area contributed by atoms with E-state index in [1.54, 1.807) is 47.5 Å². The number of ether oxygens (including phenoxy) is 4. The maximum Gasteiger partial charge on any atom is 0.338 e. The van der Waals surface area contributed by atoms with Gasteiger partial charge < -0.3 is 39.4 Å². The highest BCUT2D eigenvalue weighted by Crippen LogP contribution is 2.39. The second-order valence-corrected chi connectivity index (χ2v) is 25.3. The van der Waals surface area contributed by atoms with Gasteiger partial charge in [-0.2, -0.15) is 0 Å². The molecule has 4 amide bonds.